The molecule has 0 amide bonds. The molecule has 8 nitrogen and oxygen atoms in total. The summed E-state index contributed by atoms with van der Waals surface area (Å²) in [6.07, 6.45) is 3.82. The lowest BCUT2D eigenvalue weighted by molar-refractivity contribution is 0.302. The van der Waals surface area contributed by atoms with Crippen LogP contribution >= 0.6 is 0 Å². The van der Waals surface area contributed by atoms with E-state index in [4.69, 9.17) is 4.74 Å². The van der Waals surface area contributed by atoms with E-state index in [9.17, 15) is 4.79 Å². The van der Waals surface area contributed by atoms with Crippen LogP contribution in [0.5, 0.6) is 5.75 Å². The number of tetrazole rings is 1. The summed E-state index contributed by atoms with van der Waals surface area (Å²) in [5, 5.41) is 12.0. The SMILES string of the molecule is Cc1cc(-c2cnn(C)c2)ccc1OCc1c(C)cccc1-n1nnn(C)c1=O. The van der Waals surface area contributed by atoms with Crippen molar-refractivity contribution < 1.29 is 4.74 Å². The van der Waals surface area contributed by atoms with Gasteiger partial charge in [-0.05, 0) is 59.2 Å². The highest BCUT2D eigenvalue weighted by molar-refractivity contribution is 5.64. The number of hydrogen-bond donors (Lipinski definition) is 0. The van der Waals surface area contributed by atoms with Crippen molar-refractivity contribution in [3.05, 3.63) is 76.0 Å². The van der Waals surface area contributed by atoms with Crippen molar-refractivity contribution in [2.75, 3.05) is 0 Å². The molecule has 29 heavy (non-hydrogen) atoms. The summed E-state index contributed by atoms with van der Waals surface area (Å²) in [6.45, 7) is 4.32. The van der Waals surface area contributed by atoms with Gasteiger partial charge in [-0.25, -0.2) is 4.79 Å². The molecule has 0 aliphatic rings. The molecule has 8 heteroatoms. The van der Waals surface area contributed by atoms with E-state index >= 15 is 0 Å². The lowest BCUT2D eigenvalue weighted by atomic mass is 10.1. The van der Waals surface area contributed by atoms with Crippen molar-refractivity contribution in [3.63, 3.8) is 0 Å². The molecule has 0 N–H and O–H groups in total. The third-order valence-corrected chi connectivity index (χ3v) is 4.92. The summed E-state index contributed by atoms with van der Waals surface area (Å²) >= 11 is 0. The van der Waals surface area contributed by atoms with Gasteiger partial charge < -0.3 is 4.74 Å². The standard InChI is InChI=1S/C21H22N6O2/c1-14-6-5-7-19(27-21(28)26(4)23-24-27)18(14)13-29-20-9-8-16(10-15(20)2)17-11-22-25(3)12-17/h5-12H,13H2,1-4H3. The predicted octanol–water partition coefficient (Wildman–Crippen LogP) is 2.56. The van der Waals surface area contributed by atoms with Gasteiger partial charge in [0.25, 0.3) is 0 Å². The fourth-order valence-electron chi connectivity index (χ4n) is 3.25. The Balaban J connectivity index is 1.61. The van der Waals surface area contributed by atoms with E-state index in [0.29, 0.717) is 12.3 Å². The first-order chi connectivity index (χ1) is 13.9. The minimum Gasteiger partial charge on any atom is -0.489 e. The predicted molar refractivity (Wildman–Crippen MR) is 109 cm³/mol. The van der Waals surface area contributed by atoms with Crippen molar-refractivity contribution in [2.24, 2.45) is 14.1 Å². The molecular weight excluding hydrogens is 368 g/mol. The van der Waals surface area contributed by atoms with E-state index in [-0.39, 0.29) is 5.69 Å². The van der Waals surface area contributed by atoms with Gasteiger partial charge in [-0.3, -0.25) is 4.68 Å². The number of benzene rings is 2. The summed E-state index contributed by atoms with van der Waals surface area (Å²) in [7, 11) is 3.47. The van der Waals surface area contributed by atoms with Crippen LogP contribution in [0, 0.1) is 13.8 Å². The van der Waals surface area contributed by atoms with E-state index in [1.165, 1.54) is 9.36 Å². The molecule has 0 spiro atoms. The summed E-state index contributed by atoms with van der Waals surface area (Å²) in [6, 6.07) is 11.8. The maximum absolute atomic E-state index is 12.3. The highest BCUT2D eigenvalue weighted by Crippen LogP contribution is 2.27. The first kappa shape index (κ1) is 18.7. The Bertz CT molecular complexity index is 1230. The molecule has 0 radical (unpaired) electrons. The lowest BCUT2D eigenvalue weighted by Gasteiger charge is -2.14. The van der Waals surface area contributed by atoms with Crippen LogP contribution in [0.1, 0.15) is 16.7 Å². The van der Waals surface area contributed by atoms with Crippen LogP contribution in [0.3, 0.4) is 0 Å². The number of nitrogens with zero attached hydrogens (tertiary/aromatic N) is 6. The second-order valence-corrected chi connectivity index (χ2v) is 7.04. The van der Waals surface area contributed by atoms with Gasteiger partial charge in [-0.1, -0.05) is 18.2 Å². The van der Waals surface area contributed by atoms with Crippen molar-refractivity contribution in [1.29, 1.82) is 0 Å². The van der Waals surface area contributed by atoms with Gasteiger partial charge in [0.15, 0.2) is 0 Å². The Morgan fingerprint density at radius 2 is 1.83 bits per heavy atom. The molecule has 0 aliphatic carbocycles. The monoisotopic (exact) mass is 390 g/mol. The van der Waals surface area contributed by atoms with Gasteiger partial charge in [0.1, 0.15) is 12.4 Å². The van der Waals surface area contributed by atoms with E-state index in [1.807, 2.05) is 63.6 Å². The van der Waals surface area contributed by atoms with E-state index in [0.717, 1.165) is 33.6 Å². The lowest BCUT2D eigenvalue weighted by Crippen LogP contribution is -2.23. The zero-order chi connectivity index (χ0) is 20.5. The molecule has 4 aromatic rings. The average Bonchev–Trinajstić information content (AvgIpc) is 3.27. The van der Waals surface area contributed by atoms with Crippen molar-refractivity contribution >= 4 is 0 Å². The molecule has 0 saturated carbocycles. The molecular formula is C21H22N6O2. The minimum absolute atomic E-state index is 0.297. The Morgan fingerprint density at radius 1 is 1.00 bits per heavy atom. The third kappa shape index (κ3) is 3.56. The van der Waals surface area contributed by atoms with Crippen LogP contribution in [0.2, 0.25) is 0 Å². The Hall–Kier alpha value is -3.68. The largest absolute Gasteiger partial charge is 0.489 e. The van der Waals surface area contributed by atoms with Crippen molar-refractivity contribution in [3.8, 4) is 22.6 Å². The van der Waals surface area contributed by atoms with Crippen molar-refractivity contribution in [2.45, 2.75) is 20.5 Å². The summed E-state index contributed by atoms with van der Waals surface area (Å²) in [5.74, 6) is 0.790. The van der Waals surface area contributed by atoms with Gasteiger partial charge in [-0.2, -0.15) is 14.5 Å². The maximum Gasteiger partial charge on any atom is 0.368 e. The quantitative estimate of drug-likeness (QED) is 0.523. The number of rotatable bonds is 5. The van der Waals surface area contributed by atoms with Crippen LogP contribution in [-0.2, 0) is 20.7 Å². The highest BCUT2D eigenvalue weighted by Gasteiger charge is 2.14. The molecule has 148 valence electrons. The Kier molecular flexibility index (Phi) is 4.75. The molecule has 2 heterocycles. The Morgan fingerprint density at radius 3 is 2.48 bits per heavy atom. The molecule has 0 atom stereocenters. The number of aromatic nitrogens is 6. The van der Waals surface area contributed by atoms with Gasteiger partial charge >= 0.3 is 5.69 Å². The maximum atomic E-state index is 12.3. The first-order valence-corrected chi connectivity index (χ1v) is 9.24. The van der Waals surface area contributed by atoms with E-state index < -0.39 is 0 Å². The topological polar surface area (TPSA) is 79.8 Å². The Labute approximate surface area is 168 Å². The summed E-state index contributed by atoms with van der Waals surface area (Å²) < 4.78 is 10.4. The fraction of sp³-hybridized carbons (Fsp3) is 0.238. The zero-order valence-electron chi connectivity index (χ0n) is 16.8. The van der Waals surface area contributed by atoms with Gasteiger partial charge in [0.2, 0.25) is 0 Å². The number of aryl methyl sites for hydroxylation is 4. The average molecular weight is 390 g/mol. The van der Waals surface area contributed by atoms with Gasteiger partial charge in [0, 0.05) is 31.4 Å². The van der Waals surface area contributed by atoms with Gasteiger partial charge in [0.05, 0.1) is 11.9 Å². The number of ether oxygens (including phenoxy) is 1. The molecule has 0 saturated heterocycles. The smallest absolute Gasteiger partial charge is 0.368 e. The zero-order valence-corrected chi connectivity index (χ0v) is 16.8. The molecule has 0 unspecified atom stereocenters. The number of hydrogen-bond acceptors (Lipinski definition) is 5. The van der Waals surface area contributed by atoms with Crippen LogP contribution < -0.4 is 10.4 Å². The van der Waals surface area contributed by atoms with Crippen LogP contribution in [0.15, 0.2) is 53.6 Å². The molecule has 2 aromatic heterocycles. The molecule has 0 aliphatic heterocycles. The summed E-state index contributed by atoms with van der Waals surface area (Å²) in [5.41, 5.74) is 5.46. The van der Waals surface area contributed by atoms with Crippen LogP contribution in [-0.4, -0.2) is 29.6 Å². The van der Waals surface area contributed by atoms with Crippen LogP contribution in [0.25, 0.3) is 16.8 Å². The molecule has 4 rings (SSSR count). The molecule has 2 aromatic carbocycles. The van der Waals surface area contributed by atoms with Crippen molar-refractivity contribution in [1.82, 2.24) is 29.6 Å². The normalized spacial score (nSPS) is 11.0. The minimum atomic E-state index is -0.297. The second kappa shape index (κ2) is 7.38. The third-order valence-electron chi connectivity index (χ3n) is 4.92. The summed E-state index contributed by atoms with van der Waals surface area (Å²) in [4.78, 5) is 12.3. The van der Waals surface area contributed by atoms with E-state index in [1.54, 1.807) is 11.7 Å². The van der Waals surface area contributed by atoms with E-state index in [2.05, 4.69) is 21.6 Å². The molecule has 0 fully saturated rings. The fourth-order valence-corrected chi connectivity index (χ4v) is 3.25. The second-order valence-electron chi connectivity index (χ2n) is 7.04. The molecule has 0 bridgehead atoms. The highest BCUT2D eigenvalue weighted by atomic mass is 16.5. The first-order valence-electron chi connectivity index (χ1n) is 9.24. The van der Waals surface area contributed by atoms with Crippen LogP contribution in [0.4, 0.5) is 0 Å². The van der Waals surface area contributed by atoms with Gasteiger partial charge in [-0.15, -0.1) is 0 Å².